The van der Waals surface area contributed by atoms with Gasteiger partial charge >= 0.3 is 0 Å². The van der Waals surface area contributed by atoms with Crippen LogP contribution in [0.1, 0.15) is 12.0 Å². The number of nitro benzene ring substituents is 1. The third-order valence-electron chi connectivity index (χ3n) is 1.86. The molecule has 0 aliphatic heterocycles. The molecule has 0 saturated carbocycles. The predicted molar refractivity (Wildman–Crippen MR) is 60.4 cm³/mol. The molecule has 0 fully saturated rings. The maximum Gasteiger partial charge on any atom is 0.276 e. The maximum atomic E-state index is 10.7. The van der Waals surface area contributed by atoms with Gasteiger partial charge in [-0.25, -0.2) is 0 Å². The number of anilines is 1. The van der Waals surface area contributed by atoms with Crippen LogP contribution >= 0.6 is 0 Å². The van der Waals surface area contributed by atoms with Gasteiger partial charge in [0.15, 0.2) is 0 Å². The summed E-state index contributed by atoms with van der Waals surface area (Å²) >= 11 is 0. The van der Waals surface area contributed by atoms with Crippen LogP contribution in [-0.2, 0) is 4.79 Å². The summed E-state index contributed by atoms with van der Waals surface area (Å²) in [6.07, 6.45) is 2.95. The lowest BCUT2D eigenvalue weighted by molar-refractivity contribution is -0.385. The first kappa shape index (κ1) is 11.7. The van der Waals surface area contributed by atoms with Crippen LogP contribution in [0, 0.1) is 10.1 Å². The summed E-state index contributed by atoms with van der Waals surface area (Å²) in [4.78, 5) is 20.6. The molecule has 0 aliphatic rings. The molecule has 84 valence electrons. The van der Waals surface area contributed by atoms with E-state index in [2.05, 4.69) is 0 Å². The van der Waals surface area contributed by atoms with Gasteiger partial charge in [-0.2, -0.15) is 0 Å². The maximum absolute atomic E-state index is 10.7. The second-order valence-electron chi connectivity index (χ2n) is 3.15. The molecule has 6 heteroatoms. The normalized spacial score (nSPS) is 10.5. The summed E-state index contributed by atoms with van der Waals surface area (Å²) in [5, 5.41) is 10.7. The second-order valence-corrected chi connectivity index (χ2v) is 3.15. The molecule has 0 unspecified atom stereocenters. The molecule has 16 heavy (non-hydrogen) atoms. The molecule has 0 bridgehead atoms. The van der Waals surface area contributed by atoms with Gasteiger partial charge in [-0.3, -0.25) is 14.9 Å². The van der Waals surface area contributed by atoms with Crippen molar-refractivity contribution < 1.29 is 9.72 Å². The van der Waals surface area contributed by atoms with Crippen LogP contribution in [0.2, 0.25) is 0 Å². The SMILES string of the molecule is NC(=O)CC=Cc1cc(N)ccc1[N+](=O)[O-]. The molecule has 0 heterocycles. The predicted octanol–water partition coefficient (Wildman–Crippen LogP) is 1.07. The number of carbonyl (C=O) groups is 1. The Morgan fingerprint density at radius 1 is 1.50 bits per heavy atom. The highest BCUT2D eigenvalue weighted by Crippen LogP contribution is 2.22. The van der Waals surface area contributed by atoms with E-state index >= 15 is 0 Å². The van der Waals surface area contributed by atoms with Crippen LogP contribution in [0.3, 0.4) is 0 Å². The number of hydrogen-bond acceptors (Lipinski definition) is 4. The number of carbonyl (C=O) groups excluding carboxylic acids is 1. The average Bonchev–Trinajstić information content (AvgIpc) is 2.16. The van der Waals surface area contributed by atoms with E-state index in [-0.39, 0.29) is 12.1 Å². The molecule has 0 atom stereocenters. The van der Waals surface area contributed by atoms with Gasteiger partial charge in [-0.05, 0) is 12.1 Å². The molecular weight excluding hydrogens is 210 g/mol. The summed E-state index contributed by atoms with van der Waals surface area (Å²) in [7, 11) is 0. The summed E-state index contributed by atoms with van der Waals surface area (Å²) in [6.45, 7) is 0. The van der Waals surface area contributed by atoms with Gasteiger partial charge in [-0.15, -0.1) is 0 Å². The summed E-state index contributed by atoms with van der Waals surface area (Å²) in [6, 6.07) is 4.23. The molecule has 1 aromatic rings. The standard InChI is InChI=1S/C10H11N3O3/c11-8-4-5-9(13(15)16)7(6-8)2-1-3-10(12)14/h1-2,4-6H,3,11H2,(H2,12,14). The minimum absolute atomic E-state index is 0.0337. The van der Waals surface area contributed by atoms with Crippen LogP contribution in [0.15, 0.2) is 24.3 Å². The van der Waals surface area contributed by atoms with Gasteiger partial charge in [-0.1, -0.05) is 12.2 Å². The lowest BCUT2D eigenvalue weighted by atomic mass is 10.1. The fourth-order valence-electron chi connectivity index (χ4n) is 1.17. The van der Waals surface area contributed by atoms with Gasteiger partial charge in [0.2, 0.25) is 5.91 Å². The molecule has 0 aromatic heterocycles. The van der Waals surface area contributed by atoms with Crippen LogP contribution in [-0.4, -0.2) is 10.8 Å². The molecule has 6 nitrogen and oxygen atoms in total. The number of nitrogens with two attached hydrogens (primary N) is 2. The van der Waals surface area contributed by atoms with Crippen LogP contribution in [0.5, 0.6) is 0 Å². The van der Waals surface area contributed by atoms with Gasteiger partial charge in [0.25, 0.3) is 5.69 Å². The number of nitro groups is 1. The van der Waals surface area contributed by atoms with E-state index in [0.29, 0.717) is 11.3 Å². The van der Waals surface area contributed by atoms with Gasteiger partial charge < -0.3 is 11.5 Å². The zero-order chi connectivity index (χ0) is 12.1. The van der Waals surface area contributed by atoms with E-state index in [1.807, 2.05) is 0 Å². The molecule has 1 aromatic carbocycles. The Morgan fingerprint density at radius 3 is 2.75 bits per heavy atom. The quantitative estimate of drug-likeness (QED) is 0.449. The topological polar surface area (TPSA) is 112 Å². The van der Waals surface area contributed by atoms with Crippen LogP contribution < -0.4 is 11.5 Å². The van der Waals surface area contributed by atoms with E-state index in [1.165, 1.54) is 30.4 Å². The third-order valence-corrected chi connectivity index (χ3v) is 1.86. The number of hydrogen-bond donors (Lipinski definition) is 2. The molecular formula is C10H11N3O3. The Balaban J connectivity index is 3.01. The average molecular weight is 221 g/mol. The van der Waals surface area contributed by atoms with E-state index in [1.54, 1.807) is 0 Å². The largest absolute Gasteiger partial charge is 0.399 e. The van der Waals surface area contributed by atoms with Crippen molar-refractivity contribution in [3.05, 3.63) is 40.0 Å². The number of primary amides is 1. The molecule has 0 spiro atoms. The Bertz CT molecular complexity index is 455. The van der Waals surface area contributed by atoms with Crippen molar-refractivity contribution >= 4 is 23.4 Å². The van der Waals surface area contributed by atoms with E-state index in [0.717, 1.165) is 0 Å². The van der Waals surface area contributed by atoms with Gasteiger partial charge in [0.1, 0.15) is 0 Å². The van der Waals surface area contributed by atoms with E-state index < -0.39 is 10.8 Å². The first-order valence-corrected chi connectivity index (χ1v) is 4.49. The Morgan fingerprint density at radius 2 is 2.19 bits per heavy atom. The second kappa shape index (κ2) is 4.92. The zero-order valence-corrected chi connectivity index (χ0v) is 8.42. The van der Waals surface area contributed by atoms with E-state index in [9.17, 15) is 14.9 Å². The summed E-state index contributed by atoms with van der Waals surface area (Å²) in [5.41, 5.74) is 11.2. The highest BCUT2D eigenvalue weighted by molar-refractivity contribution is 5.77. The minimum atomic E-state index is -0.511. The lowest BCUT2D eigenvalue weighted by Crippen LogP contribution is -2.07. The molecule has 1 amide bonds. The molecule has 0 aliphatic carbocycles. The highest BCUT2D eigenvalue weighted by atomic mass is 16.6. The molecule has 4 N–H and O–H groups in total. The van der Waals surface area contributed by atoms with Crippen LogP contribution in [0.4, 0.5) is 11.4 Å². The van der Waals surface area contributed by atoms with Crippen molar-refractivity contribution in [2.24, 2.45) is 5.73 Å². The van der Waals surface area contributed by atoms with Crippen molar-refractivity contribution in [2.75, 3.05) is 5.73 Å². The number of nitrogen functional groups attached to an aromatic ring is 1. The molecule has 0 saturated heterocycles. The summed E-state index contributed by atoms with van der Waals surface area (Å²) in [5.74, 6) is -0.497. The van der Waals surface area contributed by atoms with Gasteiger partial charge in [0, 0.05) is 18.2 Å². The summed E-state index contributed by atoms with van der Waals surface area (Å²) < 4.78 is 0. The fourth-order valence-corrected chi connectivity index (χ4v) is 1.17. The van der Waals surface area contributed by atoms with E-state index in [4.69, 9.17) is 11.5 Å². The van der Waals surface area contributed by atoms with Crippen molar-refractivity contribution in [1.29, 1.82) is 0 Å². The van der Waals surface area contributed by atoms with Gasteiger partial charge in [0.05, 0.1) is 10.5 Å². The van der Waals surface area contributed by atoms with Crippen molar-refractivity contribution in [3.63, 3.8) is 0 Å². The van der Waals surface area contributed by atoms with Crippen molar-refractivity contribution in [3.8, 4) is 0 Å². The monoisotopic (exact) mass is 221 g/mol. The Hall–Kier alpha value is -2.37. The van der Waals surface area contributed by atoms with Crippen LogP contribution in [0.25, 0.3) is 6.08 Å². The zero-order valence-electron chi connectivity index (χ0n) is 8.42. The Labute approximate surface area is 91.7 Å². The minimum Gasteiger partial charge on any atom is -0.399 e. The first-order valence-electron chi connectivity index (χ1n) is 4.49. The third kappa shape index (κ3) is 3.09. The smallest absolute Gasteiger partial charge is 0.276 e. The lowest BCUT2D eigenvalue weighted by Gasteiger charge is -1.98. The number of amides is 1. The number of nitrogens with zero attached hydrogens (tertiary/aromatic N) is 1. The fraction of sp³-hybridized carbons (Fsp3) is 0.100. The number of rotatable bonds is 4. The Kier molecular flexibility index (Phi) is 3.60. The molecule has 0 radical (unpaired) electrons. The first-order chi connectivity index (χ1) is 7.50. The van der Waals surface area contributed by atoms with Crippen molar-refractivity contribution in [2.45, 2.75) is 6.42 Å². The molecule has 1 rings (SSSR count). The van der Waals surface area contributed by atoms with Crippen molar-refractivity contribution in [1.82, 2.24) is 0 Å². The number of benzene rings is 1. The highest BCUT2D eigenvalue weighted by Gasteiger charge is 2.10.